The Hall–Kier alpha value is 0.145. The zero-order chi connectivity index (χ0) is 15.4. The first-order valence-electron chi connectivity index (χ1n) is 6.96. The van der Waals surface area contributed by atoms with Crippen molar-refractivity contribution in [1.29, 1.82) is 0 Å². The van der Waals surface area contributed by atoms with E-state index >= 15 is 0 Å². The maximum absolute atomic E-state index is 6.23. The van der Waals surface area contributed by atoms with Gasteiger partial charge < -0.3 is 9.31 Å². The predicted octanol–water partition coefficient (Wildman–Crippen LogP) is 4.30. The number of hydrogen-bond donors (Lipinski definition) is 0. The fourth-order valence-corrected chi connectivity index (χ4v) is 4.99. The first-order valence-corrected chi connectivity index (χ1v) is 9.11. The minimum atomic E-state index is -0.308. The van der Waals surface area contributed by atoms with E-state index in [1.54, 1.807) is 0 Å². The van der Waals surface area contributed by atoms with Gasteiger partial charge >= 0.3 is 7.12 Å². The topological polar surface area (TPSA) is 18.5 Å². The van der Waals surface area contributed by atoms with E-state index in [9.17, 15) is 0 Å². The van der Waals surface area contributed by atoms with Gasteiger partial charge in [0, 0.05) is 12.6 Å². The standard InChI is InChI=1S/C16H17BI2O2/c1-15(2)16(3,4)21-17(20-15)12-13(18)10-8-6-5-7-9-11(10)14(12)19/h5-9H,1-4H3. The second-order valence-electron chi connectivity index (χ2n) is 6.37. The lowest BCUT2D eigenvalue weighted by Gasteiger charge is -2.32. The van der Waals surface area contributed by atoms with Crippen LogP contribution in [0.1, 0.15) is 27.7 Å². The molecule has 2 aliphatic carbocycles. The van der Waals surface area contributed by atoms with Gasteiger partial charge in [0.1, 0.15) is 0 Å². The van der Waals surface area contributed by atoms with E-state index in [1.165, 1.54) is 18.3 Å². The fraction of sp³-hybridized carbons (Fsp3) is 0.375. The highest BCUT2D eigenvalue weighted by Crippen LogP contribution is 2.40. The van der Waals surface area contributed by atoms with E-state index in [-0.39, 0.29) is 18.3 Å². The summed E-state index contributed by atoms with van der Waals surface area (Å²) in [5, 5.41) is 0. The van der Waals surface area contributed by atoms with Crippen molar-refractivity contribution in [3.05, 3.63) is 37.5 Å². The molecule has 1 saturated heterocycles. The Labute approximate surface area is 153 Å². The average Bonchev–Trinajstić information content (AvgIpc) is 2.66. The van der Waals surface area contributed by atoms with E-state index in [2.05, 4.69) is 103 Å². The van der Waals surface area contributed by atoms with E-state index in [4.69, 9.17) is 9.31 Å². The Morgan fingerprint density at radius 3 is 1.67 bits per heavy atom. The summed E-state index contributed by atoms with van der Waals surface area (Å²) in [7, 11) is -0.300. The monoisotopic (exact) mass is 506 g/mol. The summed E-state index contributed by atoms with van der Waals surface area (Å²) in [6.45, 7) is 8.37. The lowest BCUT2D eigenvalue weighted by atomic mass is 9.81. The van der Waals surface area contributed by atoms with Gasteiger partial charge in [-0.15, -0.1) is 0 Å². The second-order valence-corrected chi connectivity index (χ2v) is 8.53. The van der Waals surface area contributed by atoms with Crippen LogP contribution in [0.15, 0.2) is 30.3 Å². The summed E-state index contributed by atoms with van der Waals surface area (Å²) in [6.07, 6.45) is 0. The van der Waals surface area contributed by atoms with Crippen molar-refractivity contribution in [2.45, 2.75) is 38.9 Å². The molecule has 0 aromatic heterocycles. The van der Waals surface area contributed by atoms with Crippen molar-refractivity contribution in [3.8, 4) is 11.1 Å². The van der Waals surface area contributed by atoms with Crippen LogP contribution in [-0.2, 0) is 9.31 Å². The van der Waals surface area contributed by atoms with Gasteiger partial charge in [0.25, 0.3) is 0 Å². The summed E-state index contributed by atoms with van der Waals surface area (Å²) in [5.74, 6) is 0. The summed E-state index contributed by atoms with van der Waals surface area (Å²) in [5.41, 5.74) is 3.07. The Balaban J connectivity index is 2.13. The molecular weight excluding hydrogens is 489 g/mol. The van der Waals surface area contributed by atoms with Gasteiger partial charge in [0.05, 0.1) is 11.2 Å². The van der Waals surface area contributed by atoms with Gasteiger partial charge in [-0.1, -0.05) is 30.3 Å². The fourth-order valence-electron chi connectivity index (χ4n) is 2.48. The van der Waals surface area contributed by atoms with Crippen LogP contribution < -0.4 is 5.46 Å². The normalized spacial score (nSPS) is 20.2. The number of halogens is 2. The van der Waals surface area contributed by atoms with E-state index in [0.717, 1.165) is 5.46 Å². The lowest BCUT2D eigenvalue weighted by molar-refractivity contribution is 0.00578. The van der Waals surface area contributed by atoms with Crippen molar-refractivity contribution in [2.24, 2.45) is 0 Å². The number of rotatable bonds is 1. The third-order valence-electron chi connectivity index (χ3n) is 4.47. The molecule has 3 aliphatic rings. The summed E-state index contributed by atoms with van der Waals surface area (Å²) < 4.78 is 14.9. The van der Waals surface area contributed by atoms with Crippen LogP contribution in [0.5, 0.6) is 0 Å². The van der Waals surface area contributed by atoms with Gasteiger partial charge in [0.2, 0.25) is 0 Å². The van der Waals surface area contributed by atoms with Gasteiger partial charge in [-0.25, -0.2) is 0 Å². The first kappa shape index (κ1) is 16.0. The quantitative estimate of drug-likeness (QED) is 0.425. The molecule has 0 aromatic rings. The maximum Gasteiger partial charge on any atom is 0.497 e. The summed E-state index contributed by atoms with van der Waals surface area (Å²) in [6, 6.07) is 10.5. The molecule has 0 amide bonds. The molecular formula is C16H17BI2O2. The lowest BCUT2D eigenvalue weighted by Crippen LogP contribution is -2.41. The van der Waals surface area contributed by atoms with E-state index < -0.39 is 0 Å². The first-order chi connectivity index (χ1) is 9.74. The molecule has 5 heteroatoms. The molecule has 2 nitrogen and oxygen atoms in total. The van der Waals surface area contributed by atoms with Crippen LogP contribution in [0.3, 0.4) is 0 Å². The molecule has 0 atom stereocenters. The van der Waals surface area contributed by atoms with Crippen LogP contribution in [0.4, 0.5) is 0 Å². The van der Waals surface area contributed by atoms with Crippen LogP contribution in [0.25, 0.3) is 11.1 Å². The van der Waals surface area contributed by atoms with Crippen LogP contribution >= 0.6 is 45.2 Å². The molecule has 0 bridgehead atoms. The number of hydrogen-bond acceptors (Lipinski definition) is 2. The molecule has 1 heterocycles. The van der Waals surface area contributed by atoms with Gasteiger partial charge in [-0.05, 0) is 84.0 Å². The molecule has 0 spiro atoms. The molecule has 1 aliphatic heterocycles. The van der Waals surface area contributed by atoms with Crippen molar-refractivity contribution in [3.63, 3.8) is 0 Å². The highest BCUT2D eigenvalue weighted by molar-refractivity contribution is 14.1. The average molecular weight is 506 g/mol. The van der Waals surface area contributed by atoms with Crippen molar-refractivity contribution in [1.82, 2.24) is 0 Å². The highest BCUT2D eigenvalue weighted by atomic mass is 127. The molecule has 0 unspecified atom stereocenters. The van der Waals surface area contributed by atoms with Crippen molar-refractivity contribution < 1.29 is 9.31 Å². The van der Waals surface area contributed by atoms with Gasteiger partial charge in [-0.2, -0.15) is 0 Å². The Bertz CT molecular complexity index is 617. The molecule has 110 valence electrons. The maximum atomic E-state index is 6.23. The molecule has 0 N–H and O–H groups in total. The Kier molecular flexibility index (Phi) is 4.08. The van der Waals surface area contributed by atoms with Gasteiger partial charge in [0.15, 0.2) is 0 Å². The summed E-state index contributed by atoms with van der Waals surface area (Å²) >= 11 is 4.82. The van der Waals surface area contributed by atoms with E-state index in [1.807, 2.05) is 0 Å². The third-order valence-corrected chi connectivity index (χ3v) is 6.80. The largest absolute Gasteiger partial charge is 0.497 e. The summed E-state index contributed by atoms with van der Waals surface area (Å²) in [4.78, 5) is 0. The zero-order valence-corrected chi connectivity index (χ0v) is 16.9. The third kappa shape index (κ3) is 2.54. The van der Waals surface area contributed by atoms with Crippen LogP contribution in [-0.4, -0.2) is 18.3 Å². The minimum Gasteiger partial charge on any atom is -0.399 e. The molecule has 0 aromatic carbocycles. The second kappa shape index (κ2) is 5.35. The SMILES string of the molecule is CC1(C)OB(c2c(I)c3cccccc-3c2I)OC1(C)C. The molecule has 0 radical (unpaired) electrons. The smallest absolute Gasteiger partial charge is 0.399 e. The molecule has 21 heavy (non-hydrogen) atoms. The van der Waals surface area contributed by atoms with Crippen molar-refractivity contribution >= 4 is 57.8 Å². The van der Waals surface area contributed by atoms with Crippen LogP contribution in [0.2, 0.25) is 0 Å². The minimum absolute atomic E-state index is 0.300. The molecule has 0 saturated carbocycles. The zero-order valence-electron chi connectivity index (χ0n) is 12.5. The predicted molar refractivity (Wildman–Crippen MR) is 104 cm³/mol. The number of fused-ring (bicyclic) bond motifs is 1. The van der Waals surface area contributed by atoms with Crippen molar-refractivity contribution in [2.75, 3.05) is 0 Å². The molecule has 1 fully saturated rings. The molecule has 3 rings (SSSR count). The Morgan fingerprint density at radius 2 is 1.24 bits per heavy atom. The van der Waals surface area contributed by atoms with Crippen LogP contribution in [0, 0.1) is 7.14 Å². The Morgan fingerprint density at radius 1 is 0.810 bits per heavy atom. The van der Waals surface area contributed by atoms with E-state index in [0.29, 0.717) is 0 Å². The highest BCUT2D eigenvalue weighted by Gasteiger charge is 2.53. The van der Waals surface area contributed by atoms with Gasteiger partial charge in [-0.3, -0.25) is 0 Å².